The van der Waals surface area contributed by atoms with Crippen molar-refractivity contribution < 1.29 is 32.5 Å². The van der Waals surface area contributed by atoms with Crippen LogP contribution in [0.4, 0.5) is 13.2 Å². The topological polar surface area (TPSA) is 79.5 Å². The van der Waals surface area contributed by atoms with Crippen molar-refractivity contribution in [3.05, 3.63) is 58.7 Å². The first-order valence-electron chi connectivity index (χ1n) is 11.0. The number of alkyl halides is 3. The molecule has 6 unspecified atom stereocenters. The van der Waals surface area contributed by atoms with Gasteiger partial charge in [0, 0.05) is 5.92 Å². The number of nitrogens with zero attached hydrogens (tertiary/aromatic N) is 1. The second kappa shape index (κ2) is 7.86. The summed E-state index contributed by atoms with van der Waals surface area (Å²) >= 11 is 0. The molecule has 2 aliphatic heterocycles. The van der Waals surface area contributed by atoms with E-state index in [1.165, 1.54) is 0 Å². The molecule has 8 heteroatoms. The minimum atomic E-state index is -4.64. The predicted octanol–water partition coefficient (Wildman–Crippen LogP) is 4.75. The van der Waals surface area contributed by atoms with Crippen molar-refractivity contribution in [2.45, 2.75) is 56.6 Å². The normalized spacial score (nSPS) is 30.4. The molecule has 1 aliphatic carbocycles. The molecule has 2 aromatic rings. The largest absolute Gasteiger partial charge is 0.457 e. The molecule has 2 saturated heterocycles. The van der Waals surface area contributed by atoms with Crippen molar-refractivity contribution >= 4 is 5.78 Å². The molecule has 2 bridgehead atoms. The summed E-state index contributed by atoms with van der Waals surface area (Å²) in [6.07, 6.45) is -3.39. The Kier molecular flexibility index (Phi) is 5.22. The number of hydrogen-bond donors (Lipinski definition) is 1. The summed E-state index contributed by atoms with van der Waals surface area (Å²) in [6, 6.07) is 9.74. The van der Waals surface area contributed by atoms with E-state index in [9.17, 15) is 23.1 Å². The first-order chi connectivity index (χ1) is 15.7. The van der Waals surface area contributed by atoms with Gasteiger partial charge in [0.05, 0.1) is 47.3 Å². The van der Waals surface area contributed by atoms with Gasteiger partial charge in [0.2, 0.25) is 0 Å². The number of rotatable bonds is 4. The zero-order chi connectivity index (χ0) is 23.5. The number of ether oxygens (including phenoxy) is 2. The van der Waals surface area contributed by atoms with Crippen LogP contribution in [0.25, 0.3) is 0 Å². The Hall–Kier alpha value is -2.89. The van der Waals surface area contributed by atoms with E-state index in [1.807, 2.05) is 6.92 Å². The van der Waals surface area contributed by atoms with Gasteiger partial charge in [-0.2, -0.15) is 18.4 Å². The van der Waals surface area contributed by atoms with Gasteiger partial charge in [-0.25, -0.2) is 0 Å². The Labute approximate surface area is 188 Å². The molecular formula is C25H22F3NO4. The Balaban J connectivity index is 1.47. The van der Waals surface area contributed by atoms with Crippen molar-refractivity contribution in [2.24, 2.45) is 11.8 Å². The Morgan fingerprint density at radius 2 is 1.85 bits per heavy atom. The van der Waals surface area contributed by atoms with Gasteiger partial charge in [-0.05, 0) is 60.7 Å². The molecule has 33 heavy (non-hydrogen) atoms. The Morgan fingerprint density at radius 1 is 1.15 bits per heavy atom. The molecule has 5 nitrogen and oxygen atoms in total. The third-order valence-electron chi connectivity index (χ3n) is 7.19. The molecule has 1 saturated carbocycles. The highest BCUT2D eigenvalue weighted by molar-refractivity contribution is 5.93. The molecule has 0 aromatic heterocycles. The third-order valence-corrected chi connectivity index (χ3v) is 7.19. The highest BCUT2D eigenvalue weighted by atomic mass is 19.4. The fourth-order valence-electron chi connectivity index (χ4n) is 5.77. The van der Waals surface area contributed by atoms with E-state index in [0.717, 1.165) is 36.6 Å². The molecule has 0 radical (unpaired) electrons. The van der Waals surface area contributed by atoms with Crippen molar-refractivity contribution in [1.29, 1.82) is 5.26 Å². The number of fused-ring (bicyclic) bond motifs is 5. The third kappa shape index (κ3) is 3.51. The summed E-state index contributed by atoms with van der Waals surface area (Å²) in [5.74, 6) is -0.811. The van der Waals surface area contributed by atoms with E-state index in [0.29, 0.717) is 17.7 Å². The van der Waals surface area contributed by atoms with Gasteiger partial charge >= 0.3 is 6.18 Å². The van der Waals surface area contributed by atoms with Crippen LogP contribution in [0.2, 0.25) is 0 Å². The lowest BCUT2D eigenvalue weighted by Gasteiger charge is -2.24. The molecular weight excluding hydrogens is 435 g/mol. The second-order valence-electron chi connectivity index (χ2n) is 8.90. The molecule has 3 aliphatic rings. The van der Waals surface area contributed by atoms with E-state index in [-0.39, 0.29) is 35.6 Å². The van der Waals surface area contributed by atoms with Crippen LogP contribution in [-0.4, -0.2) is 29.2 Å². The lowest BCUT2D eigenvalue weighted by molar-refractivity contribution is -0.137. The smallest absolute Gasteiger partial charge is 0.417 e. The van der Waals surface area contributed by atoms with Gasteiger partial charge in [-0.3, -0.25) is 4.79 Å². The van der Waals surface area contributed by atoms with Crippen LogP contribution >= 0.6 is 0 Å². The molecule has 0 spiro atoms. The number of nitriles is 1. The van der Waals surface area contributed by atoms with Crippen LogP contribution in [-0.2, 0) is 22.1 Å². The lowest BCUT2D eigenvalue weighted by atomic mass is 9.81. The van der Waals surface area contributed by atoms with Crippen LogP contribution in [0.1, 0.15) is 47.9 Å². The van der Waals surface area contributed by atoms with Gasteiger partial charge < -0.3 is 14.6 Å². The highest BCUT2D eigenvalue weighted by Crippen LogP contribution is 2.54. The zero-order valence-corrected chi connectivity index (χ0v) is 17.8. The summed E-state index contributed by atoms with van der Waals surface area (Å²) in [5.41, 5.74) is 0.0179. The van der Waals surface area contributed by atoms with Crippen molar-refractivity contribution in [2.75, 3.05) is 0 Å². The summed E-state index contributed by atoms with van der Waals surface area (Å²) in [6.45, 7) is 1.95. The number of aryl methyl sites for hydroxylation is 1. The average Bonchev–Trinajstić information content (AvgIpc) is 3.46. The minimum Gasteiger partial charge on any atom is -0.457 e. The molecule has 0 amide bonds. The van der Waals surface area contributed by atoms with Crippen molar-refractivity contribution in [1.82, 2.24) is 0 Å². The lowest BCUT2D eigenvalue weighted by Crippen LogP contribution is -2.31. The molecule has 2 aromatic carbocycles. The molecule has 1 N–H and O–H groups in total. The van der Waals surface area contributed by atoms with E-state index < -0.39 is 29.3 Å². The van der Waals surface area contributed by atoms with E-state index in [2.05, 4.69) is 0 Å². The maximum Gasteiger partial charge on any atom is 0.417 e. The number of aliphatic hydroxyl groups is 1. The Bertz CT molecular complexity index is 1160. The standard InChI is InChI=1S/C25H22F3NO4/c1-2-12-3-4-15(32-14-5-6-17(25(26,27)28)13(9-14)11-29)10-16(12)20-23(30)21-18-7-8-19(33-18)22(21)24(20)31/h3-6,9-10,18-23,30H,2,7-8H2,1H3. The number of Topliss-reactive ketones (excluding diaryl/α,β-unsaturated/α-hetero) is 1. The van der Waals surface area contributed by atoms with Gasteiger partial charge in [0.1, 0.15) is 17.3 Å². The predicted molar refractivity (Wildman–Crippen MR) is 111 cm³/mol. The van der Waals surface area contributed by atoms with Crippen LogP contribution in [0, 0.1) is 23.2 Å². The summed E-state index contributed by atoms with van der Waals surface area (Å²) < 4.78 is 50.9. The molecule has 3 fully saturated rings. The molecule has 172 valence electrons. The highest BCUT2D eigenvalue weighted by Gasteiger charge is 2.62. The molecule has 2 heterocycles. The van der Waals surface area contributed by atoms with E-state index >= 15 is 0 Å². The number of carbonyl (C=O) groups excluding carboxylic acids is 1. The fraction of sp³-hybridized carbons (Fsp3) is 0.440. The summed E-state index contributed by atoms with van der Waals surface area (Å²) in [5, 5.41) is 20.2. The van der Waals surface area contributed by atoms with Gasteiger partial charge in [-0.1, -0.05) is 13.0 Å². The van der Waals surface area contributed by atoms with Gasteiger partial charge in [0.25, 0.3) is 0 Å². The quantitative estimate of drug-likeness (QED) is 0.717. The monoisotopic (exact) mass is 457 g/mol. The summed E-state index contributed by atoms with van der Waals surface area (Å²) in [4.78, 5) is 13.3. The molecule has 5 rings (SSSR count). The van der Waals surface area contributed by atoms with Crippen molar-refractivity contribution in [3.8, 4) is 17.6 Å². The maximum absolute atomic E-state index is 13.3. The number of hydrogen-bond acceptors (Lipinski definition) is 5. The number of aliphatic hydroxyl groups excluding tert-OH is 1. The minimum absolute atomic E-state index is 0.0205. The average molecular weight is 457 g/mol. The Morgan fingerprint density at radius 3 is 2.52 bits per heavy atom. The van der Waals surface area contributed by atoms with E-state index in [4.69, 9.17) is 14.7 Å². The van der Waals surface area contributed by atoms with E-state index in [1.54, 1.807) is 24.3 Å². The zero-order valence-electron chi connectivity index (χ0n) is 17.8. The number of ketones is 1. The van der Waals surface area contributed by atoms with Crippen LogP contribution in [0.3, 0.4) is 0 Å². The van der Waals surface area contributed by atoms with Crippen LogP contribution in [0.5, 0.6) is 11.5 Å². The van der Waals surface area contributed by atoms with Gasteiger partial charge in [-0.15, -0.1) is 0 Å². The number of carbonyl (C=O) groups is 1. The molecule has 6 atom stereocenters. The number of benzene rings is 2. The first-order valence-corrected chi connectivity index (χ1v) is 11.0. The fourth-order valence-corrected chi connectivity index (χ4v) is 5.77. The maximum atomic E-state index is 13.3. The first kappa shape index (κ1) is 21.9. The van der Waals surface area contributed by atoms with Crippen LogP contribution in [0.15, 0.2) is 36.4 Å². The number of halogens is 3. The SMILES string of the molecule is CCc1ccc(Oc2ccc(C(F)(F)F)c(C#N)c2)cc1C1C(=O)C2C3CCC(O3)C2C1O. The van der Waals surface area contributed by atoms with Gasteiger partial charge in [0.15, 0.2) is 0 Å². The van der Waals surface area contributed by atoms with Crippen molar-refractivity contribution in [3.63, 3.8) is 0 Å². The summed E-state index contributed by atoms with van der Waals surface area (Å²) in [7, 11) is 0. The van der Waals surface area contributed by atoms with Crippen LogP contribution < -0.4 is 4.74 Å². The second-order valence-corrected chi connectivity index (χ2v) is 8.90.